The predicted molar refractivity (Wildman–Crippen MR) is 120 cm³/mol. The first-order chi connectivity index (χ1) is 15.8. The van der Waals surface area contributed by atoms with E-state index in [0.717, 1.165) is 11.1 Å². The molecule has 33 heavy (non-hydrogen) atoms. The fourth-order valence-corrected chi connectivity index (χ4v) is 3.50. The molecule has 3 aromatic rings. The third-order valence-corrected chi connectivity index (χ3v) is 4.94. The van der Waals surface area contributed by atoms with E-state index in [4.69, 9.17) is 9.57 Å². The summed E-state index contributed by atoms with van der Waals surface area (Å²) in [4.78, 5) is 28.8. The highest BCUT2D eigenvalue weighted by molar-refractivity contribution is 6.06. The summed E-state index contributed by atoms with van der Waals surface area (Å²) in [6.07, 6.45) is -0.744. The first-order valence-electron chi connectivity index (χ1n) is 10.1. The molecule has 0 saturated carbocycles. The standard InChI is InChI=1S/C24H20FN3O5/c1-14-7-15(2)9-20(8-14)32-21-11-18(10-19(12-21)28(30)31)26-24(29)23-13-22(27-33-23)16-3-5-17(25)6-4-16/h3-12,23H,13H2,1-2H3,(H,26,29). The zero-order valence-corrected chi connectivity index (χ0v) is 17.9. The molecule has 168 valence electrons. The highest BCUT2D eigenvalue weighted by Crippen LogP contribution is 2.31. The summed E-state index contributed by atoms with van der Waals surface area (Å²) in [6.45, 7) is 3.84. The van der Waals surface area contributed by atoms with Crippen LogP contribution in [0.1, 0.15) is 23.1 Å². The van der Waals surface area contributed by atoms with Gasteiger partial charge in [-0.3, -0.25) is 14.9 Å². The Kier molecular flexibility index (Phi) is 6.03. The van der Waals surface area contributed by atoms with E-state index in [2.05, 4.69) is 10.5 Å². The molecule has 1 aliphatic rings. The lowest BCUT2D eigenvalue weighted by atomic mass is 10.0. The van der Waals surface area contributed by atoms with Gasteiger partial charge in [-0.05, 0) is 54.8 Å². The van der Waals surface area contributed by atoms with Gasteiger partial charge in [-0.2, -0.15) is 0 Å². The number of carbonyl (C=O) groups is 1. The van der Waals surface area contributed by atoms with Crippen LogP contribution in [0.3, 0.4) is 0 Å². The molecule has 1 aliphatic heterocycles. The topological polar surface area (TPSA) is 103 Å². The number of hydrogen-bond donors (Lipinski definition) is 1. The Morgan fingerprint density at radius 1 is 1.09 bits per heavy atom. The van der Waals surface area contributed by atoms with Crippen LogP contribution in [0.2, 0.25) is 0 Å². The van der Waals surface area contributed by atoms with Crippen molar-refractivity contribution in [2.75, 3.05) is 5.32 Å². The van der Waals surface area contributed by atoms with Gasteiger partial charge in [0.05, 0.1) is 22.4 Å². The summed E-state index contributed by atoms with van der Waals surface area (Å²) in [5.41, 5.74) is 3.08. The van der Waals surface area contributed by atoms with Crippen molar-refractivity contribution in [3.63, 3.8) is 0 Å². The fourth-order valence-electron chi connectivity index (χ4n) is 3.50. The number of hydrogen-bond acceptors (Lipinski definition) is 6. The molecule has 4 rings (SSSR count). The van der Waals surface area contributed by atoms with Gasteiger partial charge in [-0.25, -0.2) is 4.39 Å². The summed E-state index contributed by atoms with van der Waals surface area (Å²) in [6, 6.07) is 15.3. The van der Waals surface area contributed by atoms with Crippen LogP contribution >= 0.6 is 0 Å². The van der Waals surface area contributed by atoms with Crippen LogP contribution in [0.5, 0.6) is 11.5 Å². The van der Waals surface area contributed by atoms with Crippen molar-refractivity contribution in [2.45, 2.75) is 26.4 Å². The number of amides is 1. The number of non-ortho nitro benzene ring substituents is 1. The Balaban J connectivity index is 1.49. The molecule has 0 spiro atoms. The molecule has 1 heterocycles. The Labute approximate surface area is 188 Å². The number of benzene rings is 3. The second-order valence-corrected chi connectivity index (χ2v) is 7.73. The molecule has 1 atom stereocenters. The van der Waals surface area contributed by atoms with Gasteiger partial charge >= 0.3 is 0 Å². The van der Waals surface area contributed by atoms with Gasteiger partial charge in [-0.15, -0.1) is 0 Å². The van der Waals surface area contributed by atoms with Crippen LogP contribution in [-0.2, 0) is 9.63 Å². The molecule has 0 fully saturated rings. The molecule has 9 heteroatoms. The molecule has 3 aromatic carbocycles. The zero-order chi connectivity index (χ0) is 23.5. The minimum atomic E-state index is -0.923. The Morgan fingerprint density at radius 3 is 2.42 bits per heavy atom. The predicted octanol–water partition coefficient (Wildman–Crippen LogP) is 5.27. The van der Waals surface area contributed by atoms with Gasteiger partial charge in [0.15, 0.2) is 0 Å². The summed E-state index contributed by atoms with van der Waals surface area (Å²) in [5, 5.41) is 17.9. The van der Waals surface area contributed by atoms with Gasteiger partial charge in [-0.1, -0.05) is 23.4 Å². The quantitative estimate of drug-likeness (QED) is 0.408. The van der Waals surface area contributed by atoms with Crippen LogP contribution in [0.4, 0.5) is 15.8 Å². The lowest BCUT2D eigenvalue weighted by molar-refractivity contribution is -0.384. The zero-order valence-electron chi connectivity index (χ0n) is 17.9. The largest absolute Gasteiger partial charge is 0.457 e. The maximum atomic E-state index is 13.1. The number of nitro benzene ring substituents is 1. The maximum Gasteiger partial charge on any atom is 0.275 e. The van der Waals surface area contributed by atoms with Crippen LogP contribution < -0.4 is 10.1 Å². The highest BCUT2D eigenvalue weighted by atomic mass is 19.1. The van der Waals surface area contributed by atoms with E-state index in [1.807, 2.05) is 32.0 Å². The molecule has 1 N–H and O–H groups in total. The van der Waals surface area contributed by atoms with E-state index in [-0.39, 0.29) is 29.4 Å². The number of halogens is 1. The van der Waals surface area contributed by atoms with E-state index < -0.39 is 16.9 Å². The fraction of sp³-hybridized carbons (Fsp3) is 0.167. The van der Waals surface area contributed by atoms with E-state index in [9.17, 15) is 19.3 Å². The van der Waals surface area contributed by atoms with Crippen molar-refractivity contribution in [1.29, 1.82) is 0 Å². The number of nitrogens with zero attached hydrogens (tertiary/aromatic N) is 2. The lowest BCUT2D eigenvalue weighted by Crippen LogP contribution is -2.28. The molecule has 0 bridgehead atoms. The summed E-state index contributed by atoms with van der Waals surface area (Å²) in [7, 11) is 0. The second-order valence-electron chi connectivity index (χ2n) is 7.73. The maximum absolute atomic E-state index is 13.1. The van der Waals surface area contributed by atoms with Crippen molar-refractivity contribution in [2.24, 2.45) is 5.16 Å². The molecule has 0 radical (unpaired) electrons. The van der Waals surface area contributed by atoms with Gasteiger partial charge < -0.3 is 14.9 Å². The van der Waals surface area contributed by atoms with Gasteiger partial charge in [0, 0.05) is 18.6 Å². The van der Waals surface area contributed by atoms with Crippen LogP contribution in [-0.4, -0.2) is 22.6 Å². The number of carbonyl (C=O) groups excluding carboxylic acids is 1. The van der Waals surface area contributed by atoms with Crippen molar-refractivity contribution in [3.05, 3.63) is 93.3 Å². The monoisotopic (exact) mass is 449 g/mol. The number of anilines is 1. The molecular formula is C24H20FN3O5. The number of nitro groups is 1. The number of oxime groups is 1. The van der Waals surface area contributed by atoms with Crippen LogP contribution in [0.15, 0.2) is 65.8 Å². The summed E-state index contributed by atoms with van der Waals surface area (Å²) < 4.78 is 18.9. The van der Waals surface area contributed by atoms with Crippen LogP contribution in [0.25, 0.3) is 0 Å². The van der Waals surface area contributed by atoms with E-state index >= 15 is 0 Å². The Hall–Kier alpha value is -4.27. The van der Waals surface area contributed by atoms with Crippen molar-refractivity contribution >= 4 is 23.0 Å². The molecule has 8 nitrogen and oxygen atoms in total. The molecule has 0 aliphatic carbocycles. The normalized spacial score (nSPS) is 14.9. The van der Waals surface area contributed by atoms with Gasteiger partial charge in [0.1, 0.15) is 17.3 Å². The third-order valence-electron chi connectivity index (χ3n) is 4.94. The molecule has 0 aromatic heterocycles. The molecule has 1 unspecified atom stereocenters. The van der Waals surface area contributed by atoms with Crippen LogP contribution in [0, 0.1) is 29.8 Å². The highest BCUT2D eigenvalue weighted by Gasteiger charge is 2.29. The van der Waals surface area contributed by atoms with Crippen molar-refractivity contribution in [1.82, 2.24) is 0 Å². The number of nitrogens with one attached hydrogen (secondary N) is 1. The van der Waals surface area contributed by atoms with Crippen molar-refractivity contribution in [3.8, 4) is 11.5 Å². The average Bonchev–Trinajstić information content (AvgIpc) is 3.24. The van der Waals surface area contributed by atoms with E-state index in [1.165, 1.54) is 30.3 Å². The average molecular weight is 449 g/mol. The molecule has 1 amide bonds. The smallest absolute Gasteiger partial charge is 0.275 e. The molecular weight excluding hydrogens is 429 g/mol. The summed E-state index contributed by atoms with van der Waals surface area (Å²) in [5.74, 6) is -0.160. The number of rotatable bonds is 6. The first-order valence-corrected chi connectivity index (χ1v) is 10.1. The molecule has 0 saturated heterocycles. The Morgan fingerprint density at radius 2 is 1.76 bits per heavy atom. The van der Waals surface area contributed by atoms with Crippen molar-refractivity contribution < 1.29 is 23.7 Å². The SMILES string of the molecule is Cc1cc(C)cc(Oc2cc(NC(=O)C3CC(c4ccc(F)cc4)=NO3)cc([N+](=O)[O-])c2)c1. The van der Waals surface area contributed by atoms with E-state index in [0.29, 0.717) is 17.0 Å². The second kappa shape index (κ2) is 9.07. The minimum Gasteiger partial charge on any atom is -0.457 e. The van der Waals surface area contributed by atoms with E-state index in [1.54, 1.807) is 12.1 Å². The number of ether oxygens (including phenoxy) is 1. The third kappa shape index (κ3) is 5.32. The van der Waals surface area contributed by atoms with Gasteiger partial charge in [0.25, 0.3) is 11.6 Å². The number of aryl methyl sites for hydroxylation is 2. The minimum absolute atomic E-state index is 0.179. The first kappa shape index (κ1) is 21.9. The van der Waals surface area contributed by atoms with Gasteiger partial charge in [0.2, 0.25) is 6.10 Å². The summed E-state index contributed by atoms with van der Waals surface area (Å²) >= 11 is 0. The lowest BCUT2D eigenvalue weighted by Gasteiger charge is -2.12. The Bertz CT molecular complexity index is 1240.